The molecule has 0 heterocycles. The highest BCUT2D eigenvalue weighted by molar-refractivity contribution is 5.88. The standard InChI is InChI=1S/C17H18O4/c1-2-17(18)21-13-11-19-10-12-20-16-9-5-7-14-6-3-4-8-15(14)16/h2-9H,1,10-13H2. The average Bonchev–Trinajstić information content (AvgIpc) is 2.53. The molecule has 4 nitrogen and oxygen atoms in total. The number of rotatable bonds is 8. The first-order chi connectivity index (χ1) is 10.3. The first-order valence-electron chi connectivity index (χ1n) is 6.79. The maximum atomic E-state index is 10.8. The third-order valence-corrected chi connectivity index (χ3v) is 2.87. The molecular formula is C17H18O4. The van der Waals surface area contributed by atoms with E-state index in [1.807, 2.05) is 42.5 Å². The molecule has 0 fully saturated rings. The second kappa shape index (κ2) is 8.07. The Bertz CT molecular complexity index is 601. The van der Waals surface area contributed by atoms with Crippen molar-refractivity contribution in [2.75, 3.05) is 26.4 Å². The molecule has 2 rings (SSSR count). The van der Waals surface area contributed by atoms with Crippen molar-refractivity contribution in [3.8, 4) is 5.75 Å². The Morgan fingerprint density at radius 2 is 1.76 bits per heavy atom. The highest BCUT2D eigenvalue weighted by Gasteiger charge is 2.01. The smallest absolute Gasteiger partial charge is 0.330 e. The van der Waals surface area contributed by atoms with Crippen molar-refractivity contribution < 1.29 is 19.0 Å². The van der Waals surface area contributed by atoms with Crippen molar-refractivity contribution in [1.29, 1.82) is 0 Å². The first-order valence-corrected chi connectivity index (χ1v) is 6.79. The van der Waals surface area contributed by atoms with Gasteiger partial charge in [0.2, 0.25) is 0 Å². The number of hydrogen-bond donors (Lipinski definition) is 0. The van der Waals surface area contributed by atoms with Crippen molar-refractivity contribution in [3.05, 3.63) is 55.1 Å². The third-order valence-electron chi connectivity index (χ3n) is 2.87. The summed E-state index contributed by atoms with van der Waals surface area (Å²) in [6.45, 7) is 4.77. The molecule has 2 aromatic rings. The summed E-state index contributed by atoms with van der Waals surface area (Å²) in [6, 6.07) is 14.0. The lowest BCUT2D eigenvalue weighted by Crippen LogP contribution is -2.12. The van der Waals surface area contributed by atoms with Gasteiger partial charge in [-0.1, -0.05) is 43.0 Å². The van der Waals surface area contributed by atoms with E-state index in [9.17, 15) is 4.79 Å². The van der Waals surface area contributed by atoms with Gasteiger partial charge in [0, 0.05) is 11.5 Å². The molecule has 0 amide bonds. The molecule has 0 radical (unpaired) electrons. The minimum Gasteiger partial charge on any atom is -0.491 e. The van der Waals surface area contributed by atoms with Gasteiger partial charge >= 0.3 is 5.97 Å². The van der Waals surface area contributed by atoms with Crippen LogP contribution in [0.1, 0.15) is 0 Å². The number of carbonyl (C=O) groups excluding carboxylic acids is 1. The molecule has 0 aromatic heterocycles. The van der Waals surface area contributed by atoms with Crippen molar-refractivity contribution in [2.45, 2.75) is 0 Å². The summed E-state index contributed by atoms with van der Waals surface area (Å²) in [4.78, 5) is 10.8. The van der Waals surface area contributed by atoms with Crippen LogP contribution in [0.15, 0.2) is 55.1 Å². The predicted molar refractivity (Wildman–Crippen MR) is 81.4 cm³/mol. The molecule has 0 atom stereocenters. The normalized spacial score (nSPS) is 10.3. The second-order valence-corrected chi connectivity index (χ2v) is 4.31. The van der Waals surface area contributed by atoms with E-state index in [2.05, 4.69) is 6.58 Å². The topological polar surface area (TPSA) is 44.8 Å². The van der Waals surface area contributed by atoms with Crippen LogP contribution in [0.2, 0.25) is 0 Å². The maximum absolute atomic E-state index is 10.8. The zero-order valence-corrected chi connectivity index (χ0v) is 11.8. The van der Waals surface area contributed by atoms with Crippen LogP contribution < -0.4 is 4.74 Å². The van der Waals surface area contributed by atoms with Crippen LogP contribution in [0.3, 0.4) is 0 Å². The van der Waals surface area contributed by atoms with Crippen LogP contribution in [0.5, 0.6) is 5.75 Å². The van der Waals surface area contributed by atoms with Gasteiger partial charge in [-0.2, -0.15) is 0 Å². The molecule has 2 aromatic carbocycles. The Morgan fingerprint density at radius 1 is 1.00 bits per heavy atom. The van der Waals surface area contributed by atoms with E-state index in [1.165, 1.54) is 0 Å². The zero-order chi connectivity index (χ0) is 14.9. The van der Waals surface area contributed by atoms with Crippen LogP contribution in [-0.4, -0.2) is 32.4 Å². The molecule has 0 saturated carbocycles. The SMILES string of the molecule is C=CC(=O)OCCOCCOc1cccc2ccccc12. The quantitative estimate of drug-likeness (QED) is 0.425. The lowest BCUT2D eigenvalue weighted by molar-refractivity contribution is -0.139. The molecule has 0 aliphatic carbocycles. The van der Waals surface area contributed by atoms with E-state index in [0.717, 1.165) is 22.6 Å². The second-order valence-electron chi connectivity index (χ2n) is 4.31. The highest BCUT2D eigenvalue weighted by Crippen LogP contribution is 2.24. The van der Waals surface area contributed by atoms with Crippen molar-refractivity contribution in [1.82, 2.24) is 0 Å². The summed E-state index contributed by atoms with van der Waals surface area (Å²) in [6.07, 6.45) is 1.13. The molecule has 0 saturated heterocycles. The summed E-state index contributed by atoms with van der Waals surface area (Å²) >= 11 is 0. The van der Waals surface area contributed by atoms with E-state index in [0.29, 0.717) is 19.8 Å². The van der Waals surface area contributed by atoms with Crippen LogP contribution in [0.4, 0.5) is 0 Å². The largest absolute Gasteiger partial charge is 0.491 e. The van der Waals surface area contributed by atoms with Gasteiger partial charge in [0.25, 0.3) is 0 Å². The molecule has 0 aliphatic rings. The molecule has 0 spiro atoms. The fraction of sp³-hybridized carbons (Fsp3) is 0.235. The van der Waals surface area contributed by atoms with E-state index in [-0.39, 0.29) is 6.61 Å². The minimum atomic E-state index is -0.439. The van der Waals surface area contributed by atoms with Crippen LogP contribution >= 0.6 is 0 Å². The van der Waals surface area contributed by atoms with E-state index in [1.54, 1.807) is 0 Å². The van der Waals surface area contributed by atoms with Crippen LogP contribution in [-0.2, 0) is 14.3 Å². The average molecular weight is 286 g/mol. The number of hydrogen-bond acceptors (Lipinski definition) is 4. The minimum absolute atomic E-state index is 0.221. The summed E-state index contributed by atoms with van der Waals surface area (Å²) in [5, 5.41) is 2.23. The van der Waals surface area contributed by atoms with E-state index in [4.69, 9.17) is 14.2 Å². The van der Waals surface area contributed by atoms with Gasteiger partial charge in [-0.25, -0.2) is 4.79 Å². The highest BCUT2D eigenvalue weighted by atomic mass is 16.6. The monoisotopic (exact) mass is 286 g/mol. The van der Waals surface area contributed by atoms with Crippen molar-refractivity contribution in [3.63, 3.8) is 0 Å². The molecule has 110 valence electrons. The predicted octanol–water partition coefficient (Wildman–Crippen LogP) is 2.96. The fourth-order valence-corrected chi connectivity index (χ4v) is 1.89. The first kappa shape index (κ1) is 15.1. The van der Waals surface area contributed by atoms with Crippen LogP contribution in [0, 0.1) is 0 Å². The summed E-state index contributed by atoms with van der Waals surface area (Å²) in [5.41, 5.74) is 0. The van der Waals surface area contributed by atoms with Gasteiger partial charge in [-0.05, 0) is 11.5 Å². The zero-order valence-electron chi connectivity index (χ0n) is 11.8. The number of ether oxygens (including phenoxy) is 3. The van der Waals surface area contributed by atoms with Crippen molar-refractivity contribution in [2.24, 2.45) is 0 Å². The van der Waals surface area contributed by atoms with Gasteiger partial charge in [0.1, 0.15) is 19.0 Å². The summed E-state index contributed by atoms with van der Waals surface area (Å²) in [7, 11) is 0. The summed E-state index contributed by atoms with van der Waals surface area (Å²) < 4.78 is 15.8. The lowest BCUT2D eigenvalue weighted by atomic mass is 10.1. The molecule has 0 unspecified atom stereocenters. The Kier molecular flexibility index (Phi) is 5.79. The molecular weight excluding hydrogens is 268 g/mol. The Balaban J connectivity index is 1.71. The van der Waals surface area contributed by atoms with Crippen LogP contribution in [0.25, 0.3) is 10.8 Å². The molecule has 21 heavy (non-hydrogen) atoms. The fourth-order valence-electron chi connectivity index (χ4n) is 1.89. The summed E-state index contributed by atoms with van der Waals surface area (Å²) in [5.74, 6) is 0.403. The Morgan fingerprint density at radius 3 is 2.62 bits per heavy atom. The molecule has 0 aliphatic heterocycles. The van der Waals surface area contributed by atoms with Gasteiger partial charge in [-0.3, -0.25) is 0 Å². The lowest BCUT2D eigenvalue weighted by Gasteiger charge is -2.09. The number of esters is 1. The molecule has 0 bridgehead atoms. The maximum Gasteiger partial charge on any atom is 0.330 e. The van der Waals surface area contributed by atoms with Gasteiger partial charge in [0.05, 0.1) is 13.2 Å². The van der Waals surface area contributed by atoms with E-state index < -0.39 is 5.97 Å². The van der Waals surface area contributed by atoms with E-state index >= 15 is 0 Å². The number of benzene rings is 2. The number of carbonyl (C=O) groups is 1. The number of fused-ring (bicyclic) bond motifs is 1. The van der Waals surface area contributed by atoms with Gasteiger partial charge in [0.15, 0.2) is 0 Å². The van der Waals surface area contributed by atoms with Crippen molar-refractivity contribution >= 4 is 16.7 Å². The van der Waals surface area contributed by atoms with Gasteiger partial charge in [-0.15, -0.1) is 0 Å². The molecule has 0 N–H and O–H groups in total. The molecule has 4 heteroatoms. The Labute approximate surface area is 123 Å². The third kappa shape index (κ3) is 4.61. The Hall–Kier alpha value is -2.33. The van der Waals surface area contributed by atoms with Gasteiger partial charge < -0.3 is 14.2 Å².